The number of phenolic OH excluding ortho intramolecular Hbond substituents is 1. The van der Waals surface area contributed by atoms with Gasteiger partial charge in [-0.2, -0.15) is 0 Å². The molecule has 0 saturated carbocycles. The predicted octanol–water partition coefficient (Wildman–Crippen LogP) is 1.16. The van der Waals surface area contributed by atoms with E-state index >= 15 is 0 Å². The van der Waals surface area contributed by atoms with E-state index in [0.29, 0.717) is 0 Å². The highest BCUT2D eigenvalue weighted by atomic mass is 16.3. The Balaban J connectivity index is 2.65. The number of phenols is 1. The third kappa shape index (κ3) is 1.34. The SMILES string of the molecule is CC1(CO)CC(=O)c2c(O)cccc2C1=O. The van der Waals surface area contributed by atoms with E-state index in [1.165, 1.54) is 18.2 Å². The molecule has 1 aliphatic carbocycles. The zero-order valence-corrected chi connectivity index (χ0v) is 8.86. The summed E-state index contributed by atoms with van der Waals surface area (Å²) >= 11 is 0. The van der Waals surface area contributed by atoms with Crippen molar-refractivity contribution >= 4 is 11.6 Å². The van der Waals surface area contributed by atoms with Crippen molar-refractivity contribution in [2.75, 3.05) is 6.61 Å². The summed E-state index contributed by atoms with van der Waals surface area (Å²) in [5.41, 5.74) is -0.774. The highest BCUT2D eigenvalue weighted by Crippen LogP contribution is 2.37. The Morgan fingerprint density at radius 2 is 2.06 bits per heavy atom. The Kier molecular flexibility index (Phi) is 2.31. The molecule has 84 valence electrons. The lowest BCUT2D eigenvalue weighted by Gasteiger charge is -2.30. The molecular formula is C12H12O4. The number of carbonyl (C=O) groups is 2. The zero-order chi connectivity index (χ0) is 11.9. The highest BCUT2D eigenvalue weighted by Gasteiger charge is 2.42. The van der Waals surface area contributed by atoms with Crippen molar-refractivity contribution in [3.05, 3.63) is 29.3 Å². The molecule has 16 heavy (non-hydrogen) atoms. The highest BCUT2D eigenvalue weighted by molar-refractivity contribution is 6.17. The summed E-state index contributed by atoms with van der Waals surface area (Å²) in [6, 6.07) is 4.40. The molecular weight excluding hydrogens is 208 g/mol. The van der Waals surface area contributed by atoms with E-state index < -0.39 is 5.41 Å². The van der Waals surface area contributed by atoms with Crippen LogP contribution < -0.4 is 0 Å². The average Bonchev–Trinajstić information content (AvgIpc) is 2.25. The van der Waals surface area contributed by atoms with Gasteiger partial charge in [0.1, 0.15) is 5.75 Å². The molecule has 0 aliphatic heterocycles. The number of Topliss-reactive ketones (excluding diaryl/α,β-unsaturated/α-hetero) is 2. The predicted molar refractivity (Wildman–Crippen MR) is 56.6 cm³/mol. The molecule has 2 rings (SSSR count). The quantitative estimate of drug-likeness (QED) is 0.744. The van der Waals surface area contributed by atoms with Crippen molar-refractivity contribution < 1.29 is 19.8 Å². The number of hydrogen-bond acceptors (Lipinski definition) is 4. The molecule has 4 nitrogen and oxygen atoms in total. The molecule has 1 aromatic rings. The molecule has 1 aromatic carbocycles. The number of hydrogen-bond donors (Lipinski definition) is 2. The second-order valence-corrected chi connectivity index (χ2v) is 4.35. The zero-order valence-electron chi connectivity index (χ0n) is 8.86. The number of carbonyl (C=O) groups excluding carboxylic acids is 2. The fraction of sp³-hybridized carbons (Fsp3) is 0.333. The molecule has 0 fully saturated rings. The van der Waals surface area contributed by atoms with Gasteiger partial charge in [-0.05, 0) is 13.0 Å². The Morgan fingerprint density at radius 1 is 1.38 bits per heavy atom. The van der Waals surface area contributed by atoms with Gasteiger partial charge >= 0.3 is 0 Å². The van der Waals surface area contributed by atoms with Crippen molar-refractivity contribution in [3.8, 4) is 5.75 Å². The molecule has 0 radical (unpaired) electrons. The van der Waals surface area contributed by atoms with Crippen LogP contribution in [0.4, 0.5) is 0 Å². The molecule has 0 saturated heterocycles. The molecule has 1 aliphatic rings. The molecule has 1 atom stereocenters. The minimum absolute atomic E-state index is 0.0626. The smallest absolute Gasteiger partial charge is 0.172 e. The molecule has 0 aromatic heterocycles. The lowest BCUT2D eigenvalue weighted by molar-refractivity contribution is 0.0583. The summed E-state index contributed by atoms with van der Waals surface area (Å²) in [5, 5.41) is 18.7. The van der Waals surface area contributed by atoms with E-state index in [2.05, 4.69) is 0 Å². The van der Waals surface area contributed by atoms with Gasteiger partial charge in [0.15, 0.2) is 11.6 Å². The molecule has 1 unspecified atom stereocenters. The minimum atomic E-state index is -1.06. The molecule has 0 heterocycles. The lowest BCUT2D eigenvalue weighted by Crippen LogP contribution is -2.39. The number of ketones is 2. The van der Waals surface area contributed by atoms with Crippen molar-refractivity contribution in [1.29, 1.82) is 0 Å². The first kappa shape index (κ1) is 10.8. The molecule has 2 N–H and O–H groups in total. The number of aliphatic hydroxyl groups is 1. The summed E-state index contributed by atoms with van der Waals surface area (Å²) < 4.78 is 0. The van der Waals surface area contributed by atoms with Crippen molar-refractivity contribution in [1.82, 2.24) is 0 Å². The first-order chi connectivity index (χ1) is 7.49. The van der Waals surface area contributed by atoms with Gasteiger partial charge in [-0.15, -0.1) is 0 Å². The summed E-state index contributed by atoms with van der Waals surface area (Å²) in [6.45, 7) is 1.19. The molecule has 0 bridgehead atoms. The van der Waals surface area contributed by atoms with Gasteiger partial charge < -0.3 is 10.2 Å². The van der Waals surface area contributed by atoms with Crippen LogP contribution in [0.2, 0.25) is 0 Å². The van der Waals surface area contributed by atoms with E-state index in [0.717, 1.165) is 0 Å². The fourth-order valence-corrected chi connectivity index (χ4v) is 2.00. The van der Waals surface area contributed by atoms with Crippen LogP contribution in [0, 0.1) is 5.41 Å². The van der Waals surface area contributed by atoms with Gasteiger partial charge in [0.25, 0.3) is 0 Å². The standard InChI is InChI=1S/C12H12O4/c1-12(6-13)5-9(15)10-7(11(12)16)3-2-4-8(10)14/h2-4,13-14H,5-6H2,1H3. The molecule has 0 spiro atoms. The fourth-order valence-electron chi connectivity index (χ4n) is 2.00. The van der Waals surface area contributed by atoms with Gasteiger partial charge in [-0.3, -0.25) is 9.59 Å². The van der Waals surface area contributed by atoms with Crippen LogP contribution in [0.3, 0.4) is 0 Å². The van der Waals surface area contributed by atoms with Crippen LogP contribution in [-0.2, 0) is 0 Å². The number of aliphatic hydroxyl groups excluding tert-OH is 1. The maximum absolute atomic E-state index is 12.0. The lowest BCUT2D eigenvalue weighted by atomic mass is 9.71. The summed E-state index contributed by atoms with van der Waals surface area (Å²) in [5.74, 6) is -0.763. The normalized spacial score (nSPS) is 24.4. The number of fused-ring (bicyclic) bond motifs is 1. The van der Waals surface area contributed by atoms with E-state index in [1.54, 1.807) is 6.92 Å². The van der Waals surface area contributed by atoms with E-state index in [9.17, 15) is 19.8 Å². The second kappa shape index (κ2) is 3.42. The van der Waals surface area contributed by atoms with Crippen LogP contribution in [0.1, 0.15) is 34.1 Å². The van der Waals surface area contributed by atoms with Crippen LogP contribution in [0.15, 0.2) is 18.2 Å². The summed E-state index contributed by atoms with van der Waals surface area (Å²) in [7, 11) is 0. The van der Waals surface area contributed by atoms with Gasteiger partial charge in [-0.1, -0.05) is 12.1 Å². The van der Waals surface area contributed by atoms with Gasteiger partial charge in [-0.25, -0.2) is 0 Å². The first-order valence-electron chi connectivity index (χ1n) is 5.00. The van der Waals surface area contributed by atoms with Gasteiger partial charge in [0.05, 0.1) is 17.6 Å². The number of benzene rings is 1. The Morgan fingerprint density at radius 3 is 2.69 bits per heavy atom. The van der Waals surface area contributed by atoms with Crippen molar-refractivity contribution in [2.45, 2.75) is 13.3 Å². The Hall–Kier alpha value is -1.68. The van der Waals surface area contributed by atoms with Crippen LogP contribution >= 0.6 is 0 Å². The van der Waals surface area contributed by atoms with Crippen molar-refractivity contribution in [2.24, 2.45) is 5.41 Å². The number of aromatic hydroxyl groups is 1. The second-order valence-electron chi connectivity index (χ2n) is 4.35. The first-order valence-corrected chi connectivity index (χ1v) is 5.00. The minimum Gasteiger partial charge on any atom is -0.507 e. The third-order valence-corrected chi connectivity index (χ3v) is 3.01. The monoisotopic (exact) mass is 220 g/mol. The van der Waals surface area contributed by atoms with E-state index in [1.807, 2.05) is 0 Å². The number of rotatable bonds is 1. The van der Waals surface area contributed by atoms with Gasteiger partial charge in [0, 0.05) is 12.0 Å². The molecule has 4 heteroatoms. The summed E-state index contributed by atoms with van der Waals surface area (Å²) in [4.78, 5) is 23.8. The van der Waals surface area contributed by atoms with Crippen LogP contribution in [0.5, 0.6) is 5.75 Å². The van der Waals surface area contributed by atoms with Crippen LogP contribution in [-0.4, -0.2) is 28.4 Å². The third-order valence-electron chi connectivity index (χ3n) is 3.01. The molecule has 0 amide bonds. The average molecular weight is 220 g/mol. The Labute approximate surface area is 92.5 Å². The van der Waals surface area contributed by atoms with E-state index in [-0.39, 0.29) is 41.5 Å². The maximum atomic E-state index is 12.0. The van der Waals surface area contributed by atoms with Gasteiger partial charge in [0.2, 0.25) is 0 Å². The largest absolute Gasteiger partial charge is 0.507 e. The maximum Gasteiger partial charge on any atom is 0.172 e. The topological polar surface area (TPSA) is 74.6 Å². The Bertz CT molecular complexity index is 478. The van der Waals surface area contributed by atoms with Crippen molar-refractivity contribution in [3.63, 3.8) is 0 Å². The van der Waals surface area contributed by atoms with Crippen LogP contribution in [0.25, 0.3) is 0 Å². The van der Waals surface area contributed by atoms with E-state index in [4.69, 9.17) is 0 Å². The summed E-state index contributed by atoms with van der Waals surface area (Å²) in [6.07, 6.45) is -0.0626.